The van der Waals surface area contributed by atoms with Crippen LogP contribution in [0.3, 0.4) is 0 Å². The molecule has 0 aromatic carbocycles. The Balaban J connectivity index is 1.46. The second kappa shape index (κ2) is 9.06. The van der Waals surface area contributed by atoms with Crippen LogP contribution in [0.5, 0.6) is 0 Å². The van der Waals surface area contributed by atoms with Gasteiger partial charge in [-0.05, 0) is 20.3 Å². The third-order valence-corrected chi connectivity index (χ3v) is 8.26. The minimum Gasteiger partial charge on any atom is -0.477 e. The van der Waals surface area contributed by atoms with E-state index in [-0.39, 0.29) is 23.3 Å². The number of amides is 5. The molecule has 0 aromatic rings. The van der Waals surface area contributed by atoms with Crippen LogP contribution in [0.2, 0.25) is 0 Å². The number of nitrogens with zero attached hydrogens (tertiary/aromatic N) is 3. The molecule has 4 rings (SSSR count). The Labute approximate surface area is 200 Å². The molecule has 0 radical (unpaired) electrons. The Hall–Kier alpha value is -2.86. The summed E-state index contributed by atoms with van der Waals surface area (Å²) >= 11 is 1.10. The van der Waals surface area contributed by atoms with Gasteiger partial charge in [-0.25, -0.2) is 9.59 Å². The molecule has 11 nitrogen and oxygen atoms in total. The summed E-state index contributed by atoms with van der Waals surface area (Å²) in [6, 6.07) is -3.01. The predicted octanol–water partition coefficient (Wildman–Crippen LogP) is -0.0293. The monoisotopic (exact) mass is 492 g/mol. The Morgan fingerprint density at radius 2 is 1.91 bits per heavy atom. The zero-order valence-corrected chi connectivity index (χ0v) is 19.9. The molecule has 4 aliphatic heterocycles. The van der Waals surface area contributed by atoms with Crippen molar-refractivity contribution in [3.8, 4) is 0 Å². The van der Waals surface area contributed by atoms with Gasteiger partial charge in [-0.15, -0.1) is 11.8 Å². The molecular weight excluding hydrogens is 464 g/mol. The van der Waals surface area contributed by atoms with Crippen molar-refractivity contribution in [1.29, 1.82) is 0 Å². The van der Waals surface area contributed by atoms with Gasteiger partial charge in [0.2, 0.25) is 11.8 Å². The SMILES string of the molecule is CC(C(=O)N1CC=CCC1)N1C(=O)NC(CSC2=C(C(=O)O)N3C(=O)C([C@@H](C)O)C3[C@H]2C)C1=O. The normalized spacial score (nSPS) is 30.4. The van der Waals surface area contributed by atoms with Crippen LogP contribution in [0, 0.1) is 11.8 Å². The number of aliphatic carboxylic acids is 1. The van der Waals surface area contributed by atoms with Crippen molar-refractivity contribution in [1.82, 2.24) is 20.0 Å². The number of carbonyl (C=O) groups excluding carboxylic acids is 4. The number of hydrogen-bond donors (Lipinski definition) is 3. The number of nitrogens with one attached hydrogen (secondary N) is 1. The quantitative estimate of drug-likeness (QED) is 0.255. The van der Waals surface area contributed by atoms with Crippen LogP contribution in [0.1, 0.15) is 27.2 Å². The van der Waals surface area contributed by atoms with Gasteiger partial charge < -0.3 is 25.3 Å². The van der Waals surface area contributed by atoms with E-state index in [2.05, 4.69) is 5.32 Å². The minimum absolute atomic E-state index is 0.0545. The van der Waals surface area contributed by atoms with Gasteiger partial charge in [0.1, 0.15) is 17.8 Å². The third kappa shape index (κ3) is 3.78. The number of carboxylic acids is 1. The topological polar surface area (TPSA) is 148 Å². The first kappa shape index (κ1) is 24.3. The van der Waals surface area contributed by atoms with Crippen LogP contribution in [0.25, 0.3) is 0 Å². The fourth-order valence-corrected chi connectivity index (χ4v) is 6.43. The average molecular weight is 493 g/mol. The highest BCUT2D eigenvalue weighted by Gasteiger charge is 2.60. The fourth-order valence-electron chi connectivity index (χ4n) is 5.13. The van der Waals surface area contributed by atoms with Crippen molar-refractivity contribution in [2.75, 3.05) is 18.8 Å². The smallest absolute Gasteiger partial charge is 0.353 e. The number of aliphatic hydroxyl groups is 1. The summed E-state index contributed by atoms with van der Waals surface area (Å²) in [4.78, 5) is 66.9. The molecule has 5 amide bonds. The first-order chi connectivity index (χ1) is 16.1. The van der Waals surface area contributed by atoms with E-state index in [0.29, 0.717) is 24.4 Å². The van der Waals surface area contributed by atoms with E-state index in [9.17, 15) is 34.2 Å². The van der Waals surface area contributed by atoms with Gasteiger partial charge in [0.15, 0.2) is 0 Å². The molecule has 0 bridgehead atoms. The van der Waals surface area contributed by atoms with Crippen molar-refractivity contribution in [3.63, 3.8) is 0 Å². The number of fused-ring (bicyclic) bond motifs is 1. The maximum atomic E-state index is 13.0. The summed E-state index contributed by atoms with van der Waals surface area (Å²) in [5, 5.41) is 22.3. The molecule has 6 atom stereocenters. The Morgan fingerprint density at radius 3 is 2.50 bits per heavy atom. The molecule has 4 unspecified atom stereocenters. The summed E-state index contributed by atoms with van der Waals surface area (Å²) in [5.74, 6) is -3.52. The summed E-state index contributed by atoms with van der Waals surface area (Å²) in [6.07, 6.45) is 3.65. The number of carbonyl (C=O) groups is 5. The van der Waals surface area contributed by atoms with E-state index in [0.717, 1.165) is 16.7 Å². The lowest BCUT2D eigenvalue weighted by Gasteiger charge is -2.46. The largest absolute Gasteiger partial charge is 0.477 e. The maximum Gasteiger partial charge on any atom is 0.353 e. The second-order valence-corrected chi connectivity index (χ2v) is 10.1. The van der Waals surface area contributed by atoms with Crippen LogP contribution in [0.15, 0.2) is 22.8 Å². The molecule has 0 aromatic heterocycles. The first-order valence-electron chi connectivity index (χ1n) is 11.2. The molecule has 0 aliphatic carbocycles. The number of thioether (sulfide) groups is 1. The lowest BCUT2D eigenvalue weighted by molar-refractivity contribution is -0.163. The number of imide groups is 1. The summed E-state index contributed by atoms with van der Waals surface area (Å²) in [6.45, 7) is 5.76. The van der Waals surface area contributed by atoms with Gasteiger partial charge >= 0.3 is 12.0 Å². The van der Waals surface area contributed by atoms with E-state index in [1.807, 2.05) is 12.2 Å². The number of β-lactam (4-membered cyclic amide) rings is 1. The molecule has 4 heterocycles. The van der Waals surface area contributed by atoms with Crippen molar-refractivity contribution in [3.05, 3.63) is 22.8 Å². The van der Waals surface area contributed by atoms with E-state index in [4.69, 9.17) is 0 Å². The zero-order valence-electron chi connectivity index (χ0n) is 19.1. The molecule has 0 spiro atoms. The van der Waals surface area contributed by atoms with Crippen molar-refractivity contribution in [2.45, 2.75) is 51.4 Å². The van der Waals surface area contributed by atoms with E-state index >= 15 is 0 Å². The van der Waals surface area contributed by atoms with Crippen LogP contribution in [-0.4, -0.2) is 97.7 Å². The second-order valence-electron chi connectivity index (χ2n) is 9.01. The van der Waals surface area contributed by atoms with Gasteiger partial charge in [0.05, 0.1) is 18.1 Å². The highest BCUT2D eigenvalue weighted by Crippen LogP contribution is 2.50. The number of carboxylic acid groups (broad SMARTS) is 1. The minimum atomic E-state index is -1.26. The molecule has 34 heavy (non-hydrogen) atoms. The fraction of sp³-hybridized carbons (Fsp3) is 0.591. The van der Waals surface area contributed by atoms with E-state index in [1.54, 1.807) is 11.8 Å². The molecule has 184 valence electrons. The maximum absolute atomic E-state index is 13.0. The van der Waals surface area contributed by atoms with Gasteiger partial charge in [-0.1, -0.05) is 19.1 Å². The van der Waals surface area contributed by atoms with Crippen LogP contribution < -0.4 is 5.32 Å². The van der Waals surface area contributed by atoms with Crippen LogP contribution >= 0.6 is 11.8 Å². The average Bonchev–Trinajstić information content (AvgIpc) is 3.21. The van der Waals surface area contributed by atoms with Gasteiger partial charge in [0, 0.05) is 29.7 Å². The summed E-state index contributed by atoms with van der Waals surface area (Å²) in [5.41, 5.74) is -0.139. The molecule has 4 aliphatic rings. The van der Waals surface area contributed by atoms with Gasteiger partial charge in [-0.3, -0.25) is 19.3 Å². The predicted molar refractivity (Wildman–Crippen MR) is 121 cm³/mol. The zero-order chi connectivity index (χ0) is 24.9. The Bertz CT molecular complexity index is 1010. The van der Waals surface area contributed by atoms with E-state index < -0.39 is 54.0 Å². The van der Waals surface area contributed by atoms with Crippen LogP contribution in [0.4, 0.5) is 4.79 Å². The Morgan fingerprint density at radius 1 is 1.21 bits per heavy atom. The number of rotatable bonds is 7. The number of aliphatic hydroxyl groups excluding tert-OH is 1. The Kier molecular flexibility index (Phi) is 6.47. The number of hydrogen-bond acceptors (Lipinski definition) is 7. The summed E-state index contributed by atoms with van der Waals surface area (Å²) in [7, 11) is 0. The van der Waals surface area contributed by atoms with Crippen molar-refractivity contribution >= 4 is 41.5 Å². The first-order valence-corrected chi connectivity index (χ1v) is 12.2. The highest BCUT2D eigenvalue weighted by atomic mass is 32.2. The molecule has 2 fully saturated rings. The van der Waals surface area contributed by atoms with Gasteiger partial charge in [0.25, 0.3) is 5.91 Å². The van der Waals surface area contributed by atoms with Crippen molar-refractivity contribution < 1.29 is 34.2 Å². The van der Waals surface area contributed by atoms with E-state index in [1.165, 1.54) is 18.7 Å². The molecule has 2 saturated heterocycles. The highest BCUT2D eigenvalue weighted by molar-refractivity contribution is 8.03. The number of urea groups is 1. The standard InChI is InChI=1S/C22H28N4O7S/c1-10-15-14(12(3)27)20(30)26(15)16(21(31)32)17(10)34-9-13-19(29)25(22(33)23-13)11(2)18(28)24-7-5-4-6-8-24/h4-5,10-15,27H,6-9H2,1-3H3,(H,23,33)(H,31,32)/t10-,11?,12-,13?,14?,15?/m1/s1. The van der Waals surface area contributed by atoms with Gasteiger partial charge in [-0.2, -0.15) is 0 Å². The lowest BCUT2D eigenvalue weighted by atomic mass is 9.79. The molecule has 0 saturated carbocycles. The molecule has 3 N–H and O–H groups in total. The molecule has 12 heteroatoms. The molecular formula is C22H28N4O7S. The summed E-state index contributed by atoms with van der Waals surface area (Å²) < 4.78 is 0. The van der Waals surface area contributed by atoms with Crippen molar-refractivity contribution in [2.24, 2.45) is 11.8 Å². The lowest BCUT2D eigenvalue weighted by Crippen LogP contribution is -2.63. The third-order valence-electron chi connectivity index (χ3n) is 6.88. The van der Waals surface area contributed by atoms with Crippen LogP contribution in [-0.2, 0) is 19.2 Å².